The summed E-state index contributed by atoms with van der Waals surface area (Å²) in [4.78, 5) is 161. The molecular formula is C65H67N5O24. The lowest BCUT2D eigenvalue weighted by Gasteiger charge is -2.18. The van der Waals surface area contributed by atoms with Gasteiger partial charge in [0, 0.05) is 118 Å². The van der Waals surface area contributed by atoms with Crippen LogP contribution in [0.5, 0.6) is 11.5 Å². The molecule has 5 aliphatic heterocycles. The first kappa shape index (κ1) is 76.3. The third kappa shape index (κ3) is 18.6. The highest BCUT2D eigenvalue weighted by molar-refractivity contribution is 6.10. The summed E-state index contributed by atoms with van der Waals surface area (Å²) in [5, 5.41) is 60.7. The molecule has 4 aromatic rings. The molecule has 0 radical (unpaired) electrons. The lowest BCUT2D eigenvalue weighted by molar-refractivity contribution is -0.195. The normalized spacial score (nSPS) is 12.8. The second-order valence-corrected chi connectivity index (χ2v) is 19.4. The van der Waals surface area contributed by atoms with Crippen molar-refractivity contribution in [3.63, 3.8) is 0 Å². The third-order valence-corrected chi connectivity index (χ3v) is 12.9. The summed E-state index contributed by atoms with van der Waals surface area (Å²) < 4.78 is 11.9. The summed E-state index contributed by atoms with van der Waals surface area (Å²) in [6.07, 6.45) is 0.821. The SMILES string of the molecule is C.C.C.CC(=O)NCc1c(O)ccc2c(-c3ccccc3C(=O)O)c3ccc(=O)cc-3oc12.CC(=O)O.CC(=O)ON1C(=O)CCC1=O.CC(=O)ON1C(=O)CCC1=O.NCc1c(O)ccc2c(-c3ccccc3C(=O)O)c3ccc(=O)cc-3oc12.O=C1CCC(=O)N1O. The Morgan fingerprint density at radius 3 is 1.15 bits per heavy atom. The molecule has 5 heterocycles. The summed E-state index contributed by atoms with van der Waals surface area (Å²) in [6, 6.07) is 28.1. The van der Waals surface area contributed by atoms with E-state index in [-0.39, 0.29) is 130 Å². The molecule has 0 atom stereocenters. The van der Waals surface area contributed by atoms with Crippen molar-refractivity contribution in [3.8, 4) is 56.4 Å². The molecule has 94 heavy (non-hydrogen) atoms. The average molecular weight is 1300 g/mol. The van der Waals surface area contributed by atoms with Gasteiger partial charge in [-0.1, -0.05) is 58.7 Å². The largest absolute Gasteiger partial charge is 0.507 e. The number of hydroxylamine groups is 6. The molecule has 11 rings (SSSR count). The Kier molecular flexibility index (Phi) is 27.4. The van der Waals surface area contributed by atoms with Gasteiger partial charge in [0.05, 0.1) is 28.8 Å². The quantitative estimate of drug-likeness (QED) is 0.0388. The number of imide groups is 3. The number of fused-ring (bicyclic) bond motifs is 4. The molecule has 29 heteroatoms. The monoisotopic (exact) mass is 1300 g/mol. The van der Waals surface area contributed by atoms with E-state index in [1.54, 1.807) is 60.7 Å². The molecule has 0 saturated carbocycles. The predicted octanol–water partition coefficient (Wildman–Crippen LogP) is 7.78. The zero-order chi connectivity index (χ0) is 67.1. The summed E-state index contributed by atoms with van der Waals surface area (Å²) in [5.41, 5.74) is 10.1. The van der Waals surface area contributed by atoms with Crippen molar-refractivity contribution in [2.24, 2.45) is 5.73 Å². The number of nitrogens with one attached hydrogen (secondary N) is 1. The number of aromatic carboxylic acids is 2. The molecule has 0 spiro atoms. The van der Waals surface area contributed by atoms with E-state index in [1.165, 1.54) is 55.5 Å². The van der Waals surface area contributed by atoms with E-state index < -0.39 is 65.3 Å². The van der Waals surface area contributed by atoms with Crippen LogP contribution in [-0.4, -0.2) is 117 Å². The van der Waals surface area contributed by atoms with Crippen LogP contribution in [0.15, 0.2) is 128 Å². The highest BCUT2D eigenvalue weighted by Gasteiger charge is 2.33. The number of nitrogens with two attached hydrogens (primary N) is 1. The van der Waals surface area contributed by atoms with Crippen molar-refractivity contribution in [3.05, 3.63) is 152 Å². The smallest absolute Gasteiger partial charge is 0.336 e. The molecule has 0 aromatic heterocycles. The van der Waals surface area contributed by atoms with Gasteiger partial charge in [-0.15, -0.1) is 10.1 Å². The molecule has 496 valence electrons. The van der Waals surface area contributed by atoms with Gasteiger partial charge in [0.15, 0.2) is 10.9 Å². The zero-order valence-corrected chi connectivity index (χ0v) is 48.5. The molecule has 3 saturated heterocycles. The van der Waals surface area contributed by atoms with Gasteiger partial charge in [0.1, 0.15) is 34.2 Å². The van der Waals surface area contributed by atoms with Gasteiger partial charge in [-0.2, -0.15) is 5.06 Å². The van der Waals surface area contributed by atoms with Crippen molar-refractivity contribution < 1.29 is 107 Å². The Hall–Kier alpha value is -12.0. The summed E-state index contributed by atoms with van der Waals surface area (Å²) >= 11 is 0. The van der Waals surface area contributed by atoms with Crippen LogP contribution in [0.2, 0.25) is 0 Å². The summed E-state index contributed by atoms with van der Waals surface area (Å²) in [7, 11) is 0. The number of carbonyl (C=O) groups excluding carboxylic acids is 9. The number of hydrogen-bond donors (Lipinski definition) is 8. The number of hydrogen-bond acceptors (Lipinski definition) is 22. The van der Waals surface area contributed by atoms with Gasteiger partial charge in [0.2, 0.25) is 5.91 Å². The molecule has 29 nitrogen and oxygen atoms in total. The van der Waals surface area contributed by atoms with Gasteiger partial charge in [0.25, 0.3) is 41.4 Å². The average Bonchev–Trinajstić information content (AvgIpc) is 0.891. The van der Waals surface area contributed by atoms with E-state index >= 15 is 0 Å². The van der Waals surface area contributed by atoms with E-state index in [0.29, 0.717) is 76.7 Å². The van der Waals surface area contributed by atoms with Crippen LogP contribution in [0.4, 0.5) is 0 Å². The van der Waals surface area contributed by atoms with Crippen LogP contribution in [-0.2, 0) is 70.7 Å². The number of carbonyl (C=O) groups is 12. The molecule has 0 unspecified atom stereocenters. The number of phenols is 2. The van der Waals surface area contributed by atoms with E-state index in [4.69, 9.17) is 29.7 Å². The standard InChI is InChI=1S/C23H17NO6.C21H15NO5.2C6H7NO4.C4H5NO3.C2H4O2.3CH4/c1-12(25)24-11-18-19(27)9-8-17-21(14-4-2-3-5-15(14)23(28)29)16-7-6-13(26)10-20(16)30-22(17)18;22-10-16-17(24)8-7-15-19(12-3-1-2-4-13(12)21(25)26)14-6-5-11(23)9-18(14)27-20(15)16;2*1-4(8)11-7-5(9)2-3-6(7)10;6-3-1-2-4(7)5(3)8;1-2(3)4;;;/h2-10,27H,11H2,1H3,(H,24,25)(H,28,29);1-9,24H,10,22H2,(H,25,26);2*2-3H2,1H3;8H,1-2H2;1H3,(H,3,4);3*1H4. The maximum absolute atomic E-state index is 11.9. The van der Waals surface area contributed by atoms with Gasteiger partial charge >= 0.3 is 23.9 Å². The lowest BCUT2D eigenvalue weighted by atomic mass is 9.90. The Bertz CT molecular complexity index is 4200. The molecule has 7 aliphatic rings. The number of nitrogens with zero attached hydrogens (tertiary/aromatic N) is 3. The number of aliphatic carboxylic acids is 1. The Morgan fingerprint density at radius 1 is 0.489 bits per heavy atom. The molecule has 0 bridgehead atoms. The van der Waals surface area contributed by atoms with Crippen LogP contribution >= 0.6 is 0 Å². The molecule has 2 aliphatic carbocycles. The molecule has 3 fully saturated rings. The fourth-order valence-electron chi connectivity index (χ4n) is 9.03. The Morgan fingerprint density at radius 2 is 0.830 bits per heavy atom. The lowest BCUT2D eigenvalue weighted by Crippen LogP contribution is -2.30. The van der Waals surface area contributed by atoms with Crippen LogP contribution in [0, 0.1) is 0 Å². The van der Waals surface area contributed by atoms with Gasteiger partial charge < -0.3 is 55.1 Å². The summed E-state index contributed by atoms with van der Waals surface area (Å²) in [5.74, 6) is -6.98. The molecule has 4 aromatic carbocycles. The second kappa shape index (κ2) is 33.7. The zero-order valence-electron chi connectivity index (χ0n) is 48.5. The van der Waals surface area contributed by atoms with E-state index in [0.717, 1.165) is 20.8 Å². The van der Waals surface area contributed by atoms with Crippen LogP contribution < -0.4 is 21.9 Å². The first-order valence-corrected chi connectivity index (χ1v) is 26.9. The molecular weight excluding hydrogens is 1230 g/mol. The van der Waals surface area contributed by atoms with E-state index in [2.05, 4.69) is 15.0 Å². The van der Waals surface area contributed by atoms with Crippen molar-refractivity contribution in [2.45, 2.75) is 102 Å². The number of amides is 7. The van der Waals surface area contributed by atoms with Crippen molar-refractivity contribution in [1.29, 1.82) is 0 Å². The highest BCUT2D eigenvalue weighted by Crippen LogP contribution is 2.45. The predicted molar refractivity (Wildman–Crippen MR) is 334 cm³/mol. The number of carboxylic acids is 3. The summed E-state index contributed by atoms with van der Waals surface area (Å²) in [6.45, 7) is 4.74. The van der Waals surface area contributed by atoms with Crippen molar-refractivity contribution in [1.82, 2.24) is 20.5 Å². The number of phenolic OH excluding ortho intramolecular Hbond substituents is 2. The topological polar surface area (TPSA) is 453 Å². The number of carboxylic acid groups (broad SMARTS) is 3. The third-order valence-electron chi connectivity index (χ3n) is 12.9. The van der Waals surface area contributed by atoms with E-state index in [9.17, 15) is 82.8 Å². The van der Waals surface area contributed by atoms with Crippen molar-refractivity contribution in [2.75, 3.05) is 0 Å². The molecule has 7 amide bonds. The second-order valence-electron chi connectivity index (χ2n) is 19.4. The first-order valence-electron chi connectivity index (χ1n) is 26.9. The number of benzene rings is 6. The minimum absolute atomic E-state index is 0. The van der Waals surface area contributed by atoms with Crippen LogP contribution in [0.3, 0.4) is 0 Å². The van der Waals surface area contributed by atoms with Gasteiger partial charge in [-0.05, 0) is 71.8 Å². The maximum atomic E-state index is 11.9. The van der Waals surface area contributed by atoms with E-state index in [1.807, 2.05) is 0 Å². The van der Waals surface area contributed by atoms with Crippen LogP contribution in [0.25, 0.3) is 66.8 Å². The fourth-order valence-corrected chi connectivity index (χ4v) is 9.03. The molecule has 9 N–H and O–H groups in total. The Balaban J connectivity index is 0.000000325. The fraction of sp³-hybridized carbons (Fsp3) is 0.231. The van der Waals surface area contributed by atoms with Crippen LogP contribution in [0.1, 0.15) is 120 Å². The minimum atomic E-state index is -1.09. The number of aromatic hydroxyl groups is 2. The minimum Gasteiger partial charge on any atom is -0.507 e. The van der Waals surface area contributed by atoms with Crippen molar-refractivity contribution >= 4 is 93.1 Å². The maximum Gasteiger partial charge on any atom is 0.336 e. The Labute approximate surface area is 534 Å². The number of rotatable bonds is 9. The van der Waals surface area contributed by atoms with Gasteiger partial charge in [-0.25, -0.2) is 19.2 Å². The first-order chi connectivity index (χ1) is 43.0. The van der Waals surface area contributed by atoms with Gasteiger partial charge in [-0.3, -0.25) is 53.2 Å². The highest BCUT2D eigenvalue weighted by atomic mass is 16.7.